The number of ether oxygens (including phenoxy) is 3. The summed E-state index contributed by atoms with van der Waals surface area (Å²) >= 11 is 0. The summed E-state index contributed by atoms with van der Waals surface area (Å²) in [5.74, 6) is -3.76. The summed E-state index contributed by atoms with van der Waals surface area (Å²) in [7, 11) is 0. The summed E-state index contributed by atoms with van der Waals surface area (Å²) in [6.07, 6.45) is -11.3. The van der Waals surface area contributed by atoms with Gasteiger partial charge in [0.1, 0.15) is 24.4 Å². The van der Waals surface area contributed by atoms with Crippen LogP contribution in [0.1, 0.15) is 19.3 Å². The maximum atomic E-state index is 15.3. The van der Waals surface area contributed by atoms with Gasteiger partial charge in [-0.1, -0.05) is 0 Å². The standard InChI is InChI=1S/C16H30F2N4O8/c17-16(18)11(27-14-8(23)2-1-5(4-19)26-14)6(20)3-7(21)12(16)28-15-10(24)9(22)13(25)29-30-15/h5-15,23-25H,1-4,19-22H2. The van der Waals surface area contributed by atoms with Crippen molar-refractivity contribution in [2.24, 2.45) is 22.9 Å². The third-order valence-corrected chi connectivity index (χ3v) is 5.58. The van der Waals surface area contributed by atoms with Gasteiger partial charge >= 0.3 is 5.92 Å². The molecule has 0 bridgehead atoms. The van der Waals surface area contributed by atoms with E-state index in [0.29, 0.717) is 6.42 Å². The third-order valence-electron chi connectivity index (χ3n) is 5.58. The second-order valence-electron chi connectivity index (χ2n) is 7.88. The first-order valence-corrected chi connectivity index (χ1v) is 9.73. The van der Waals surface area contributed by atoms with E-state index in [1.807, 2.05) is 0 Å². The largest absolute Gasteiger partial charge is 0.388 e. The van der Waals surface area contributed by atoms with Gasteiger partial charge in [0.05, 0.1) is 12.1 Å². The summed E-state index contributed by atoms with van der Waals surface area (Å²) in [6.45, 7) is 0.138. The molecular weight excluding hydrogens is 414 g/mol. The highest BCUT2D eigenvalue weighted by Gasteiger charge is 2.60. The Labute approximate surface area is 171 Å². The summed E-state index contributed by atoms with van der Waals surface area (Å²) in [5, 5.41) is 29.5. The van der Waals surface area contributed by atoms with Crippen LogP contribution in [0.3, 0.4) is 0 Å². The van der Waals surface area contributed by atoms with Crippen molar-refractivity contribution in [3.8, 4) is 0 Å². The molecular formula is C16H30F2N4O8. The Bertz CT molecular complexity index is 563. The lowest BCUT2D eigenvalue weighted by molar-refractivity contribution is -0.484. The molecule has 3 aliphatic rings. The Morgan fingerprint density at radius 1 is 0.933 bits per heavy atom. The number of aliphatic hydroxyl groups excluding tert-OH is 3. The Kier molecular flexibility index (Phi) is 7.59. The minimum Gasteiger partial charge on any atom is -0.388 e. The third kappa shape index (κ3) is 4.74. The van der Waals surface area contributed by atoms with Crippen LogP contribution in [0.25, 0.3) is 0 Å². The second kappa shape index (κ2) is 9.48. The first-order chi connectivity index (χ1) is 14.1. The number of alkyl halides is 2. The predicted octanol–water partition coefficient (Wildman–Crippen LogP) is -3.43. The molecule has 0 aromatic heterocycles. The van der Waals surface area contributed by atoms with Crippen LogP contribution in [0.2, 0.25) is 0 Å². The molecule has 3 fully saturated rings. The second-order valence-corrected chi connectivity index (χ2v) is 7.88. The van der Waals surface area contributed by atoms with E-state index in [1.54, 1.807) is 0 Å². The van der Waals surface area contributed by atoms with E-state index < -0.39 is 73.4 Å². The van der Waals surface area contributed by atoms with Gasteiger partial charge in [-0.3, -0.25) is 0 Å². The lowest BCUT2D eigenvalue weighted by atomic mass is 9.83. The van der Waals surface area contributed by atoms with Crippen LogP contribution in [0, 0.1) is 0 Å². The summed E-state index contributed by atoms with van der Waals surface area (Å²) in [4.78, 5) is 9.10. The van der Waals surface area contributed by atoms with E-state index in [4.69, 9.17) is 37.1 Å². The van der Waals surface area contributed by atoms with Gasteiger partial charge in [0.25, 0.3) is 0 Å². The fraction of sp³-hybridized carbons (Fsp3) is 1.00. The van der Waals surface area contributed by atoms with Crippen molar-refractivity contribution >= 4 is 0 Å². The minimum atomic E-state index is -3.76. The van der Waals surface area contributed by atoms with E-state index in [1.165, 1.54) is 0 Å². The number of halogens is 2. The zero-order valence-corrected chi connectivity index (χ0v) is 16.1. The van der Waals surface area contributed by atoms with E-state index in [2.05, 4.69) is 9.78 Å². The lowest BCUT2D eigenvalue weighted by Crippen LogP contribution is -2.69. The van der Waals surface area contributed by atoms with Crippen LogP contribution >= 0.6 is 0 Å². The number of hydrogen-bond donors (Lipinski definition) is 7. The van der Waals surface area contributed by atoms with Crippen LogP contribution < -0.4 is 22.9 Å². The molecule has 0 amide bonds. The van der Waals surface area contributed by atoms with Crippen molar-refractivity contribution in [2.45, 2.75) is 92.7 Å². The number of nitrogens with two attached hydrogens (primary N) is 4. The molecule has 11 unspecified atom stereocenters. The van der Waals surface area contributed by atoms with E-state index in [9.17, 15) is 15.3 Å². The number of aliphatic hydroxyl groups is 3. The molecule has 0 spiro atoms. The number of rotatable bonds is 5. The maximum Gasteiger partial charge on any atom is 0.302 e. The average Bonchev–Trinajstić information content (AvgIpc) is 2.69. The lowest BCUT2D eigenvalue weighted by Gasteiger charge is -2.47. The van der Waals surface area contributed by atoms with E-state index in [0.717, 1.165) is 0 Å². The predicted molar refractivity (Wildman–Crippen MR) is 94.2 cm³/mol. The molecule has 30 heavy (non-hydrogen) atoms. The molecule has 11 atom stereocenters. The van der Waals surface area contributed by atoms with Gasteiger partial charge in [0, 0.05) is 18.6 Å². The van der Waals surface area contributed by atoms with Gasteiger partial charge in [0.2, 0.25) is 12.6 Å². The summed E-state index contributed by atoms with van der Waals surface area (Å²) in [6, 6.07) is -3.80. The fourth-order valence-electron chi connectivity index (χ4n) is 3.79. The topological polar surface area (TPSA) is 211 Å². The molecule has 2 heterocycles. The van der Waals surface area contributed by atoms with Gasteiger partial charge in [0.15, 0.2) is 6.29 Å². The zero-order valence-electron chi connectivity index (χ0n) is 16.1. The highest BCUT2D eigenvalue weighted by Crippen LogP contribution is 2.40. The summed E-state index contributed by atoms with van der Waals surface area (Å²) in [5.41, 5.74) is 22.8. The van der Waals surface area contributed by atoms with Crippen LogP contribution in [0.5, 0.6) is 0 Å². The molecule has 12 nitrogen and oxygen atoms in total. The zero-order chi connectivity index (χ0) is 22.2. The van der Waals surface area contributed by atoms with Crippen LogP contribution in [0.4, 0.5) is 8.78 Å². The smallest absolute Gasteiger partial charge is 0.302 e. The summed E-state index contributed by atoms with van der Waals surface area (Å²) < 4.78 is 46.7. The highest BCUT2D eigenvalue weighted by atomic mass is 19.3. The first-order valence-electron chi connectivity index (χ1n) is 9.73. The van der Waals surface area contributed by atoms with Crippen molar-refractivity contribution < 1.29 is 48.1 Å². The molecule has 176 valence electrons. The molecule has 2 aliphatic heterocycles. The van der Waals surface area contributed by atoms with Gasteiger partial charge < -0.3 is 52.5 Å². The first kappa shape index (κ1) is 24.0. The molecule has 14 heteroatoms. The Morgan fingerprint density at radius 2 is 1.53 bits per heavy atom. The molecule has 1 saturated carbocycles. The van der Waals surface area contributed by atoms with E-state index >= 15 is 8.78 Å². The Morgan fingerprint density at radius 3 is 2.13 bits per heavy atom. The van der Waals surface area contributed by atoms with Gasteiger partial charge in [-0.25, -0.2) is 13.7 Å². The Balaban J connectivity index is 1.73. The quantitative estimate of drug-likeness (QED) is 0.207. The van der Waals surface area contributed by atoms with Crippen LogP contribution in [-0.2, 0) is 24.0 Å². The van der Waals surface area contributed by atoms with Crippen molar-refractivity contribution in [3.05, 3.63) is 0 Å². The number of hydrogen-bond acceptors (Lipinski definition) is 12. The van der Waals surface area contributed by atoms with Crippen molar-refractivity contribution in [1.29, 1.82) is 0 Å². The van der Waals surface area contributed by atoms with Crippen molar-refractivity contribution in [3.63, 3.8) is 0 Å². The molecule has 11 N–H and O–H groups in total. The molecule has 0 aromatic carbocycles. The van der Waals surface area contributed by atoms with E-state index in [-0.39, 0.29) is 19.4 Å². The highest BCUT2D eigenvalue weighted by molar-refractivity contribution is 5.04. The van der Waals surface area contributed by atoms with Gasteiger partial charge in [-0.2, -0.15) is 4.89 Å². The Hall–Kier alpha value is -0.620. The monoisotopic (exact) mass is 444 g/mol. The van der Waals surface area contributed by atoms with Crippen molar-refractivity contribution in [2.75, 3.05) is 6.54 Å². The SMILES string of the molecule is NCC1CCC(O)C(OC2C(N)CC(N)C(OC3OOC(O)C(N)C3O)C2(F)F)O1. The molecule has 3 rings (SSSR count). The van der Waals surface area contributed by atoms with Gasteiger partial charge in [-0.15, -0.1) is 0 Å². The fourth-order valence-corrected chi connectivity index (χ4v) is 3.79. The van der Waals surface area contributed by atoms with Crippen LogP contribution in [-0.4, -0.2) is 95.3 Å². The molecule has 2 saturated heterocycles. The molecule has 1 aliphatic carbocycles. The normalized spacial score (nSPS) is 49.7. The van der Waals surface area contributed by atoms with Gasteiger partial charge in [-0.05, 0) is 19.3 Å². The molecule has 0 radical (unpaired) electrons. The average molecular weight is 444 g/mol. The molecule has 0 aromatic rings. The maximum absolute atomic E-state index is 15.3. The van der Waals surface area contributed by atoms with Crippen LogP contribution in [0.15, 0.2) is 0 Å². The minimum absolute atomic E-state index is 0.119. The van der Waals surface area contributed by atoms with Crippen molar-refractivity contribution in [1.82, 2.24) is 0 Å².